The van der Waals surface area contributed by atoms with Gasteiger partial charge in [-0.1, -0.05) is 133 Å². The van der Waals surface area contributed by atoms with Crippen LogP contribution in [0.4, 0.5) is 5.69 Å². The number of nitrogen functional groups attached to an aromatic ring is 1. The van der Waals surface area contributed by atoms with Gasteiger partial charge in [0.1, 0.15) is 12.4 Å². The second-order valence-corrected chi connectivity index (χ2v) is 13.6. The highest BCUT2D eigenvalue weighted by Gasteiger charge is 2.19. The van der Waals surface area contributed by atoms with Crippen LogP contribution in [0.3, 0.4) is 0 Å². The Kier molecular flexibility index (Phi) is 7.33. The van der Waals surface area contributed by atoms with Crippen LogP contribution in [0.15, 0.2) is 188 Å². The molecule has 0 fully saturated rings. The van der Waals surface area contributed by atoms with Crippen molar-refractivity contribution in [1.82, 2.24) is 9.13 Å². The molecule has 0 aliphatic rings. The quantitative estimate of drug-likeness (QED) is 0.170. The Morgan fingerprint density at radius 1 is 0.396 bits per heavy atom. The Balaban J connectivity index is 1.26. The van der Waals surface area contributed by atoms with Crippen molar-refractivity contribution in [3.05, 3.63) is 194 Å². The van der Waals surface area contributed by atoms with Crippen LogP contribution >= 0.6 is 0 Å². The smallest absolute Gasteiger partial charge is 0.143 e. The Morgan fingerprint density at radius 2 is 0.811 bits per heavy atom. The minimum atomic E-state index is 0.413. The van der Waals surface area contributed by atoms with Gasteiger partial charge in [0.15, 0.2) is 0 Å². The van der Waals surface area contributed by atoms with E-state index in [2.05, 4.69) is 173 Å². The molecule has 53 heavy (non-hydrogen) atoms. The lowest BCUT2D eigenvalue weighted by atomic mass is 9.96. The molecule has 0 bridgehead atoms. The van der Waals surface area contributed by atoms with Crippen LogP contribution in [-0.2, 0) is 6.61 Å². The maximum atomic E-state index is 6.96. The zero-order valence-electron chi connectivity index (χ0n) is 29.0. The topological polar surface area (TPSA) is 45.1 Å². The lowest BCUT2D eigenvalue weighted by molar-refractivity contribution is 0.308. The van der Waals surface area contributed by atoms with Crippen molar-refractivity contribution in [2.45, 2.75) is 6.61 Å². The number of ether oxygens (including phenoxy) is 1. The molecular formula is C49H35N3O. The van der Waals surface area contributed by atoms with Gasteiger partial charge in [-0.3, -0.25) is 0 Å². The summed E-state index contributed by atoms with van der Waals surface area (Å²) in [6.45, 7) is 0.413. The second kappa shape index (κ2) is 12.6. The third-order valence-electron chi connectivity index (χ3n) is 10.4. The lowest BCUT2D eigenvalue weighted by Crippen LogP contribution is -2.02. The highest BCUT2D eigenvalue weighted by atomic mass is 16.5. The molecule has 0 radical (unpaired) electrons. The third kappa shape index (κ3) is 5.23. The predicted molar refractivity (Wildman–Crippen MR) is 221 cm³/mol. The minimum Gasteiger partial charge on any atom is -0.487 e. The highest BCUT2D eigenvalue weighted by Crippen LogP contribution is 2.42. The number of fused-ring (bicyclic) bond motifs is 6. The van der Waals surface area contributed by atoms with E-state index in [0.717, 1.165) is 61.3 Å². The number of para-hydroxylation sites is 4. The third-order valence-corrected chi connectivity index (χ3v) is 10.4. The standard InChI is InChI=1S/C49H35N3O/c50-49-43(34-17-5-2-6-18-34)29-36(30-48(49)53-32-33-15-3-1-4-16-33)35-27-37(51-44-23-11-7-19-39(44)40-20-8-12-24-45(40)51)31-38(28-35)52-46-25-13-9-21-41(46)42-22-10-14-26-47(42)52/h1-31H,32,50H2. The van der Waals surface area contributed by atoms with E-state index < -0.39 is 0 Å². The van der Waals surface area contributed by atoms with Crippen molar-refractivity contribution in [1.29, 1.82) is 0 Å². The fourth-order valence-electron chi connectivity index (χ4n) is 7.93. The molecule has 0 aliphatic heterocycles. The lowest BCUT2D eigenvalue weighted by Gasteiger charge is -2.18. The fourth-order valence-corrected chi connectivity index (χ4v) is 7.93. The monoisotopic (exact) mass is 681 g/mol. The van der Waals surface area contributed by atoms with Gasteiger partial charge in [-0.05, 0) is 76.9 Å². The van der Waals surface area contributed by atoms with Gasteiger partial charge in [-0.2, -0.15) is 0 Å². The minimum absolute atomic E-state index is 0.413. The normalized spacial score (nSPS) is 11.5. The van der Waals surface area contributed by atoms with E-state index in [4.69, 9.17) is 10.5 Å². The Bertz CT molecular complexity index is 2720. The van der Waals surface area contributed by atoms with Crippen LogP contribution in [0.1, 0.15) is 5.56 Å². The van der Waals surface area contributed by atoms with Crippen LogP contribution < -0.4 is 10.5 Å². The van der Waals surface area contributed by atoms with E-state index in [-0.39, 0.29) is 0 Å². The Labute approximate surface area is 307 Å². The number of nitrogens with zero attached hydrogens (tertiary/aromatic N) is 2. The molecule has 2 heterocycles. The summed E-state index contributed by atoms with van der Waals surface area (Å²) in [5.74, 6) is 0.658. The number of hydrogen-bond donors (Lipinski definition) is 1. The number of anilines is 1. The summed E-state index contributed by atoms with van der Waals surface area (Å²) in [5.41, 5.74) is 19.5. The second-order valence-electron chi connectivity index (χ2n) is 13.6. The van der Waals surface area contributed by atoms with Crippen molar-refractivity contribution >= 4 is 49.3 Å². The molecule has 0 saturated carbocycles. The van der Waals surface area contributed by atoms with Crippen molar-refractivity contribution in [2.24, 2.45) is 0 Å². The highest BCUT2D eigenvalue weighted by molar-refractivity contribution is 6.10. The van der Waals surface area contributed by atoms with E-state index in [9.17, 15) is 0 Å². The first-order chi connectivity index (χ1) is 26.2. The summed E-state index contributed by atoms with van der Waals surface area (Å²) in [4.78, 5) is 0. The van der Waals surface area contributed by atoms with Gasteiger partial charge in [0.25, 0.3) is 0 Å². The SMILES string of the molecule is Nc1c(OCc2ccccc2)cc(-c2cc(-n3c4ccccc4c4ccccc43)cc(-n3c4ccccc4c4ccccc43)c2)cc1-c1ccccc1. The molecule has 4 heteroatoms. The first-order valence-corrected chi connectivity index (χ1v) is 18.0. The maximum absolute atomic E-state index is 6.96. The summed E-state index contributed by atoms with van der Waals surface area (Å²) >= 11 is 0. The molecule has 10 aromatic rings. The van der Waals surface area contributed by atoms with Gasteiger partial charge in [0.2, 0.25) is 0 Å². The van der Waals surface area contributed by atoms with Crippen molar-refractivity contribution in [2.75, 3.05) is 5.73 Å². The van der Waals surface area contributed by atoms with Gasteiger partial charge in [-0.25, -0.2) is 0 Å². The van der Waals surface area contributed by atoms with Crippen molar-refractivity contribution in [3.8, 4) is 39.4 Å². The van der Waals surface area contributed by atoms with E-state index in [1.807, 2.05) is 24.3 Å². The van der Waals surface area contributed by atoms with E-state index in [0.29, 0.717) is 18.0 Å². The molecule has 4 nitrogen and oxygen atoms in total. The van der Waals surface area contributed by atoms with Gasteiger partial charge in [0, 0.05) is 38.5 Å². The van der Waals surface area contributed by atoms with Crippen LogP contribution in [0.5, 0.6) is 5.75 Å². The van der Waals surface area contributed by atoms with Crippen LogP contribution in [0.25, 0.3) is 77.2 Å². The van der Waals surface area contributed by atoms with Crippen molar-refractivity contribution in [3.63, 3.8) is 0 Å². The van der Waals surface area contributed by atoms with Crippen LogP contribution in [-0.4, -0.2) is 9.13 Å². The van der Waals surface area contributed by atoms with Crippen LogP contribution in [0.2, 0.25) is 0 Å². The molecule has 10 rings (SSSR count). The van der Waals surface area contributed by atoms with Gasteiger partial charge >= 0.3 is 0 Å². The molecule has 0 atom stereocenters. The molecule has 0 unspecified atom stereocenters. The number of aromatic nitrogens is 2. The Morgan fingerprint density at radius 3 is 1.30 bits per heavy atom. The average Bonchev–Trinajstić information content (AvgIpc) is 3.74. The molecule has 0 amide bonds. The summed E-state index contributed by atoms with van der Waals surface area (Å²) in [6.07, 6.45) is 0. The molecular weight excluding hydrogens is 647 g/mol. The molecule has 0 aliphatic carbocycles. The van der Waals surface area contributed by atoms with Crippen molar-refractivity contribution < 1.29 is 4.74 Å². The first-order valence-electron chi connectivity index (χ1n) is 18.0. The molecule has 0 saturated heterocycles. The van der Waals surface area contributed by atoms with Crippen LogP contribution in [0, 0.1) is 0 Å². The van der Waals surface area contributed by atoms with E-state index in [1.165, 1.54) is 21.5 Å². The van der Waals surface area contributed by atoms with Gasteiger partial charge < -0.3 is 19.6 Å². The van der Waals surface area contributed by atoms with E-state index >= 15 is 0 Å². The summed E-state index contributed by atoms with van der Waals surface area (Å²) in [5, 5.41) is 4.90. The predicted octanol–water partition coefficient (Wildman–Crippen LogP) is 12.4. The Hall–Kier alpha value is -7.04. The molecule has 8 aromatic carbocycles. The zero-order chi connectivity index (χ0) is 35.3. The molecule has 252 valence electrons. The van der Waals surface area contributed by atoms with Gasteiger partial charge in [0.05, 0.1) is 27.8 Å². The maximum Gasteiger partial charge on any atom is 0.143 e. The molecule has 2 N–H and O–H groups in total. The number of benzene rings is 8. The molecule has 0 spiro atoms. The average molecular weight is 682 g/mol. The fraction of sp³-hybridized carbons (Fsp3) is 0.0204. The zero-order valence-corrected chi connectivity index (χ0v) is 29.0. The summed E-state index contributed by atoms with van der Waals surface area (Å²) < 4.78 is 11.3. The van der Waals surface area contributed by atoms with E-state index in [1.54, 1.807) is 0 Å². The number of rotatable bonds is 7. The molecule has 2 aromatic heterocycles. The summed E-state index contributed by atoms with van der Waals surface area (Å²) in [6, 6.07) is 66.5. The number of nitrogens with two attached hydrogens (primary N) is 1. The summed E-state index contributed by atoms with van der Waals surface area (Å²) in [7, 11) is 0. The first kappa shape index (κ1) is 30.8. The largest absolute Gasteiger partial charge is 0.487 e. The van der Waals surface area contributed by atoms with Gasteiger partial charge in [-0.15, -0.1) is 0 Å². The number of hydrogen-bond acceptors (Lipinski definition) is 2.